The quantitative estimate of drug-likeness (QED) is 0.173. The highest BCUT2D eigenvalue weighted by molar-refractivity contribution is 7.91. The number of halogens is 6. The van der Waals surface area contributed by atoms with Crippen LogP contribution >= 0.6 is 24.8 Å². The van der Waals surface area contributed by atoms with Crippen LogP contribution in [-0.2, 0) is 22.3 Å². The molecule has 40 heavy (non-hydrogen) atoms. The van der Waals surface area contributed by atoms with Crippen LogP contribution in [0.25, 0.3) is 0 Å². The number of hydrogen-bond acceptors (Lipinski definition) is 7. The van der Waals surface area contributed by atoms with Gasteiger partial charge < -0.3 is 30.2 Å². The number of aliphatic hydroxyl groups excluding tert-OH is 1. The third kappa shape index (κ3) is 10.1. The average molecular weight is 638 g/mol. The number of ether oxygens (including phenoxy) is 2. The van der Waals surface area contributed by atoms with E-state index < -0.39 is 65.4 Å². The summed E-state index contributed by atoms with van der Waals surface area (Å²) < 4.78 is 77.0. The van der Waals surface area contributed by atoms with Crippen LogP contribution in [0.4, 0.5) is 23.2 Å². The molecule has 2 heterocycles. The van der Waals surface area contributed by atoms with Gasteiger partial charge in [0.2, 0.25) is 6.10 Å². The van der Waals surface area contributed by atoms with Crippen LogP contribution in [-0.4, -0.2) is 69.5 Å². The summed E-state index contributed by atoms with van der Waals surface area (Å²) in [4.78, 5) is 0. The third-order valence-corrected chi connectivity index (χ3v) is 7.95. The van der Waals surface area contributed by atoms with Gasteiger partial charge in [-0.15, -0.1) is 24.8 Å². The Morgan fingerprint density at radius 2 is 1.93 bits per heavy atom. The SMILES string of the molecule is COC[C@@H](Oc1cc(C[C@@H]2C[S@@+]([O-])C[C@H](NC(CC(C)(C)C)c3cn[nH]c3)[C@H]2O)cc(F)c1N)C(F)(F)F.Cl.Cl. The summed E-state index contributed by atoms with van der Waals surface area (Å²) in [5.41, 5.74) is 6.23. The van der Waals surface area contributed by atoms with Crippen molar-refractivity contribution in [2.24, 2.45) is 11.3 Å². The van der Waals surface area contributed by atoms with Gasteiger partial charge in [0, 0.05) is 30.8 Å². The lowest BCUT2D eigenvalue weighted by Crippen LogP contribution is -2.55. The van der Waals surface area contributed by atoms with E-state index in [1.165, 1.54) is 6.07 Å². The highest BCUT2D eigenvalue weighted by Crippen LogP contribution is 2.35. The van der Waals surface area contributed by atoms with E-state index in [2.05, 4.69) is 41.0 Å². The molecule has 0 radical (unpaired) electrons. The number of nitrogens with one attached hydrogen (secondary N) is 2. The van der Waals surface area contributed by atoms with Crippen molar-refractivity contribution in [3.05, 3.63) is 41.5 Å². The van der Waals surface area contributed by atoms with Crippen LogP contribution in [0.5, 0.6) is 5.75 Å². The molecule has 0 saturated carbocycles. The number of methoxy groups -OCH3 is 1. The summed E-state index contributed by atoms with van der Waals surface area (Å²) in [5.74, 6) is -1.57. The third-order valence-electron chi connectivity index (χ3n) is 6.42. The number of benzene rings is 1. The Bertz CT molecular complexity index is 1050. The highest BCUT2D eigenvalue weighted by Gasteiger charge is 2.43. The molecule has 5 N–H and O–H groups in total. The second kappa shape index (κ2) is 15.1. The summed E-state index contributed by atoms with van der Waals surface area (Å²) >= 11 is -1.28. The second-order valence-electron chi connectivity index (χ2n) is 10.9. The first-order valence-corrected chi connectivity index (χ1v) is 13.7. The Balaban J connectivity index is 0.00000400. The first-order chi connectivity index (χ1) is 17.7. The van der Waals surface area contributed by atoms with Crippen molar-refractivity contribution in [3.8, 4) is 5.75 Å². The zero-order valence-corrected chi connectivity index (χ0v) is 25.1. The van der Waals surface area contributed by atoms with Gasteiger partial charge in [0.05, 0.1) is 24.9 Å². The summed E-state index contributed by atoms with van der Waals surface area (Å²) in [6.07, 6.45) is -3.79. The fraction of sp³-hybridized carbons (Fsp3) is 0.640. The molecule has 1 fully saturated rings. The van der Waals surface area contributed by atoms with Gasteiger partial charge in [-0.1, -0.05) is 31.9 Å². The lowest BCUT2D eigenvalue weighted by molar-refractivity contribution is -0.206. The Kier molecular flexibility index (Phi) is 13.8. The Morgan fingerprint density at radius 1 is 1.25 bits per heavy atom. The minimum absolute atomic E-state index is 0. The maximum Gasteiger partial charge on any atom is 0.427 e. The van der Waals surface area contributed by atoms with Crippen molar-refractivity contribution in [1.82, 2.24) is 15.5 Å². The Hall–Kier alpha value is -1.48. The molecule has 0 bridgehead atoms. The molecule has 230 valence electrons. The summed E-state index contributed by atoms with van der Waals surface area (Å²) in [5, 5.41) is 21.5. The first-order valence-electron chi connectivity index (χ1n) is 12.3. The highest BCUT2D eigenvalue weighted by atomic mass is 35.5. The van der Waals surface area contributed by atoms with E-state index in [4.69, 9.17) is 10.5 Å². The fourth-order valence-electron chi connectivity index (χ4n) is 4.62. The number of H-pyrrole nitrogens is 1. The molecular formula is C25H38Cl2F4N4O4S. The van der Waals surface area contributed by atoms with Crippen LogP contribution in [0, 0.1) is 17.2 Å². The van der Waals surface area contributed by atoms with Crippen LogP contribution in [0.2, 0.25) is 0 Å². The van der Waals surface area contributed by atoms with Crippen molar-refractivity contribution < 1.29 is 36.7 Å². The molecule has 1 aliphatic heterocycles. The number of aromatic nitrogens is 2. The first kappa shape index (κ1) is 36.5. The van der Waals surface area contributed by atoms with Gasteiger partial charge >= 0.3 is 6.18 Å². The van der Waals surface area contributed by atoms with Crippen LogP contribution in [0.3, 0.4) is 0 Å². The predicted molar refractivity (Wildman–Crippen MR) is 151 cm³/mol. The van der Waals surface area contributed by atoms with Gasteiger partial charge in [-0.05, 0) is 36.0 Å². The number of alkyl halides is 3. The second-order valence-corrected chi connectivity index (χ2v) is 12.5. The number of aliphatic hydroxyl groups is 1. The molecule has 15 heteroatoms. The molecule has 8 nitrogen and oxygen atoms in total. The minimum atomic E-state index is -4.76. The topological polar surface area (TPSA) is 128 Å². The molecular weight excluding hydrogens is 599 g/mol. The van der Waals surface area contributed by atoms with Gasteiger partial charge in [0.15, 0.2) is 0 Å². The molecule has 0 amide bonds. The van der Waals surface area contributed by atoms with E-state index in [0.717, 1.165) is 25.2 Å². The summed E-state index contributed by atoms with van der Waals surface area (Å²) in [6, 6.07) is 1.63. The summed E-state index contributed by atoms with van der Waals surface area (Å²) in [7, 11) is 1.09. The van der Waals surface area contributed by atoms with Crippen molar-refractivity contribution in [1.29, 1.82) is 0 Å². The molecule has 1 aromatic heterocycles. The molecule has 1 aliphatic rings. The fourth-order valence-corrected chi connectivity index (χ4v) is 6.24. The lowest BCUT2D eigenvalue weighted by atomic mass is 9.85. The monoisotopic (exact) mass is 636 g/mol. The molecule has 2 aromatic rings. The maximum atomic E-state index is 14.6. The number of rotatable bonds is 10. The van der Waals surface area contributed by atoms with Crippen molar-refractivity contribution in [3.63, 3.8) is 0 Å². The number of aromatic amines is 1. The maximum absolute atomic E-state index is 14.6. The van der Waals surface area contributed by atoms with E-state index in [9.17, 15) is 27.2 Å². The lowest BCUT2D eigenvalue weighted by Gasteiger charge is -2.39. The molecule has 0 aliphatic carbocycles. The largest absolute Gasteiger partial charge is 0.616 e. The van der Waals surface area contributed by atoms with Gasteiger partial charge in [0.1, 0.15) is 28.8 Å². The molecule has 1 aromatic carbocycles. The van der Waals surface area contributed by atoms with E-state index >= 15 is 0 Å². The van der Waals surface area contributed by atoms with E-state index in [-0.39, 0.29) is 59.8 Å². The van der Waals surface area contributed by atoms with E-state index in [0.29, 0.717) is 0 Å². The number of nitrogen functional groups attached to an aromatic ring is 1. The minimum Gasteiger partial charge on any atom is -0.616 e. The molecule has 3 rings (SSSR count). The Morgan fingerprint density at radius 3 is 2.48 bits per heavy atom. The zero-order chi connectivity index (χ0) is 28.3. The van der Waals surface area contributed by atoms with Gasteiger partial charge in [-0.3, -0.25) is 5.10 Å². The standard InChI is InChI=1S/C25H36F4N4O4S.2ClH/c1-24(2,3)8-18(16-9-31-32-10-16)33-19-13-38(35)12-15(23(19)34)5-14-6-17(26)22(30)20(7-14)37-21(11-36-4)25(27,28)29;;/h6-7,9-10,15,18-19,21,23,33-34H,5,8,11-13,30H2,1-4H3,(H,31,32);2*1H/t15-,18?,19+,21-,23+,38-;;/m1../s1. The normalized spacial score (nSPS) is 23.1. The predicted octanol–water partition coefficient (Wildman–Crippen LogP) is 4.35. The number of nitrogens with two attached hydrogens (primary N) is 1. The number of anilines is 1. The number of hydrogen-bond donors (Lipinski definition) is 4. The molecule has 6 atom stereocenters. The van der Waals surface area contributed by atoms with Crippen LogP contribution < -0.4 is 15.8 Å². The van der Waals surface area contributed by atoms with E-state index in [1.807, 2.05) is 0 Å². The summed E-state index contributed by atoms with van der Waals surface area (Å²) in [6.45, 7) is 5.47. The van der Waals surface area contributed by atoms with Crippen LogP contribution in [0.15, 0.2) is 24.5 Å². The van der Waals surface area contributed by atoms with Crippen molar-refractivity contribution in [2.75, 3.05) is 31.0 Å². The molecule has 1 unspecified atom stereocenters. The number of nitrogens with zero attached hydrogens (tertiary/aromatic N) is 1. The van der Waals surface area contributed by atoms with Gasteiger partial charge in [0.25, 0.3) is 0 Å². The Labute approximate surface area is 247 Å². The average Bonchev–Trinajstić information content (AvgIpc) is 3.33. The smallest absolute Gasteiger partial charge is 0.427 e. The van der Waals surface area contributed by atoms with Crippen molar-refractivity contribution >= 4 is 41.7 Å². The van der Waals surface area contributed by atoms with Crippen molar-refractivity contribution in [2.45, 2.75) is 64.1 Å². The van der Waals surface area contributed by atoms with Crippen LogP contribution in [0.1, 0.15) is 44.4 Å². The zero-order valence-electron chi connectivity index (χ0n) is 22.7. The van der Waals surface area contributed by atoms with Gasteiger partial charge in [-0.2, -0.15) is 18.3 Å². The molecule has 1 saturated heterocycles. The van der Waals surface area contributed by atoms with E-state index in [1.54, 1.807) is 12.4 Å². The molecule has 0 spiro atoms. The van der Waals surface area contributed by atoms with Gasteiger partial charge in [-0.25, -0.2) is 4.39 Å².